The second-order valence-corrected chi connectivity index (χ2v) is 6.37. The standard InChI is InChI=1S/C16H21BrO3/c1-12-2-3-15(13(8-12)10-17)20-14-4-6-19-16(9-14)5-7-18-11-16/h2-3,8,14H,4-7,9-11H2,1H3. The third-order valence-electron chi connectivity index (χ3n) is 4.17. The smallest absolute Gasteiger partial charge is 0.123 e. The Kier molecular flexibility index (Phi) is 4.34. The van der Waals surface area contributed by atoms with Gasteiger partial charge in [0.05, 0.1) is 18.8 Å². The molecule has 110 valence electrons. The summed E-state index contributed by atoms with van der Waals surface area (Å²) in [6.07, 6.45) is 3.11. The van der Waals surface area contributed by atoms with Crippen LogP contribution in [0.25, 0.3) is 0 Å². The van der Waals surface area contributed by atoms with E-state index in [4.69, 9.17) is 14.2 Å². The van der Waals surface area contributed by atoms with Crippen molar-refractivity contribution in [1.29, 1.82) is 0 Å². The van der Waals surface area contributed by atoms with Crippen molar-refractivity contribution in [3.63, 3.8) is 0 Å². The minimum atomic E-state index is -0.0951. The summed E-state index contributed by atoms with van der Waals surface area (Å²) in [5, 5.41) is 0.821. The molecule has 3 nitrogen and oxygen atoms in total. The number of aryl methyl sites for hydroxylation is 1. The molecule has 0 bridgehead atoms. The van der Waals surface area contributed by atoms with Crippen LogP contribution in [0.15, 0.2) is 18.2 Å². The van der Waals surface area contributed by atoms with Crippen LogP contribution in [-0.4, -0.2) is 31.5 Å². The summed E-state index contributed by atoms with van der Waals surface area (Å²) >= 11 is 3.54. The van der Waals surface area contributed by atoms with Crippen LogP contribution in [0.3, 0.4) is 0 Å². The largest absolute Gasteiger partial charge is 0.490 e. The predicted octanol–water partition coefficient (Wildman–Crippen LogP) is 3.61. The zero-order valence-electron chi connectivity index (χ0n) is 11.9. The van der Waals surface area contributed by atoms with E-state index in [9.17, 15) is 0 Å². The number of benzene rings is 1. The zero-order valence-corrected chi connectivity index (χ0v) is 13.4. The molecule has 0 saturated carbocycles. The summed E-state index contributed by atoms with van der Waals surface area (Å²) in [6.45, 7) is 4.40. The van der Waals surface area contributed by atoms with Crippen molar-refractivity contribution in [1.82, 2.24) is 0 Å². The molecule has 2 atom stereocenters. The molecule has 20 heavy (non-hydrogen) atoms. The van der Waals surface area contributed by atoms with E-state index in [1.165, 1.54) is 11.1 Å². The molecule has 0 radical (unpaired) electrons. The molecule has 3 rings (SSSR count). The Bertz CT molecular complexity index is 469. The Hall–Kier alpha value is -0.580. The molecular weight excluding hydrogens is 320 g/mol. The number of hydrogen-bond acceptors (Lipinski definition) is 3. The van der Waals surface area contributed by atoms with Crippen LogP contribution < -0.4 is 4.74 Å². The molecule has 0 N–H and O–H groups in total. The highest BCUT2D eigenvalue weighted by atomic mass is 79.9. The van der Waals surface area contributed by atoms with Crippen LogP contribution in [0.2, 0.25) is 0 Å². The van der Waals surface area contributed by atoms with E-state index in [1.54, 1.807) is 0 Å². The van der Waals surface area contributed by atoms with Gasteiger partial charge in [-0.3, -0.25) is 0 Å². The second kappa shape index (κ2) is 6.04. The maximum Gasteiger partial charge on any atom is 0.123 e. The number of hydrogen-bond donors (Lipinski definition) is 0. The minimum absolute atomic E-state index is 0.0951. The van der Waals surface area contributed by atoms with Crippen molar-refractivity contribution in [2.45, 2.75) is 43.2 Å². The third kappa shape index (κ3) is 3.02. The fraction of sp³-hybridized carbons (Fsp3) is 0.625. The number of halogens is 1. The summed E-state index contributed by atoms with van der Waals surface area (Å²) in [4.78, 5) is 0. The molecule has 2 aliphatic rings. The average molecular weight is 341 g/mol. The number of rotatable bonds is 3. The van der Waals surface area contributed by atoms with Gasteiger partial charge in [-0.15, -0.1) is 0 Å². The molecule has 2 aliphatic heterocycles. The summed E-state index contributed by atoms with van der Waals surface area (Å²) < 4.78 is 17.7. The van der Waals surface area contributed by atoms with E-state index >= 15 is 0 Å². The molecule has 1 aromatic carbocycles. The first-order valence-electron chi connectivity index (χ1n) is 7.25. The molecule has 1 aromatic rings. The zero-order chi connectivity index (χ0) is 14.0. The average Bonchev–Trinajstić information content (AvgIpc) is 2.89. The van der Waals surface area contributed by atoms with Crippen molar-refractivity contribution in [3.8, 4) is 5.75 Å². The van der Waals surface area contributed by atoms with Crippen molar-refractivity contribution in [3.05, 3.63) is 29.3 Å². The normalized spacial score (nSPS) is 29.8. The monoisotopic (exact) mass is 340 g/mol. The lowest BCUT2D eigenvalue weighted by atomic mass is 9.91. The first-order valence-corrected chi connectivity index (χ1v) is 8.37. The van der Waals surface area contributed by atoms with Crippen molar-refractivity contribution >= 4 is 15.9 Å². The number of ether oxygens (including phenoxy) is 3. The lowest BCUT2D eigenvalue weighted by Crippen LogP contribution is -2.44. The molecule has 0 amide bonds. The van der Waals surface area contributed by atoms with Crippen molar-refractivity contribution in [2.24, 2.45) is 0 Å². The van der Waals surface area contributed by atoms with Crippen molar-refractivity contribution < 1.29 is 14.2 Å². The van der Waals surface area contributed by atoms with Gasteiger partial charge in [0.2, 0.25) is 0 Å². The van der Waals surface area contributed by atoms with Gasteiger partial charge in [-0.05, 0) is 13.0 Å². The van der Waals surface area contributed by atoms with E-state index in [1.807, 2.05) is 0 Å². The van der Waals surface area contributed by atoms with Crippen LogP contribution in [0.1, 0.15) is 30.4 Å². The Balaban J connectivity index is 1.71. The summed E-state index contributed by atoms with van der Waals surface area (Å²) in [5.74, 6) is 0.994. The fourth-order valence-electron chi connectivity index (χ4n) is 3.05. The molecule has 0 aromatic heterocycles. The Labute approximate surface area is 128 Å². The van der Waals surface area contributed by atoms with Crippen LogP contribution in [0.4, 0.5) is 0 Å². The molecule has 2 unspecified atom stereocenters. The van der Waals surface area contributed by atoms with Gasteiger partial charge in [0.1, 0.15) is 11.9 Å². The van der Waals surface area contributed by atoms with E-state index in [0.29, 0.717) is 6.61 Å². The maximum atomic E-state index is 6.25. The van der Waals surface area contributed by atoms with E-state index in [0.717, 1.165) is 43.6 Å². The number of alkyl halides is 1. The fourth-order valence-corrected chi connectivity index (χ4v) is 3.49. The first kappa shape index (κ1) is 14.4. The van der Waals surface area contributed by atoms with Gasteiger partial charge in [-0.1, -0.05) is 33.6 Å². The lowest BCUT2D eigenvalue weighted by Gasteiger charge is -2.37. The van der Waals surface area contributed by atoms with Gasteiger partial charge < -0.3 is 14.2 Å². The third-order valence-corrected chi connectivity index (χ3v) is 4.77. The van der Waals surface area contributed by atoms with E-state index in [-0.39, 0.29) is 11.7 Å². The van der Waals surface area contributed by atoms with Gasteiger partial charge in [-0.25, -0.2) is 0 Å². The Morgan fingerprint density at radius 1 is 1.40 bits per heavy atom. The highest BCUT2D eigenvalue weighted by Crippen LogP contribution is 2.35. The molecule has 2 saturated heterocycles. The molecule has 1 spiro atoms. The molecule has 2 fully saturated rings. The highest BCUT2D eigenvalue weighted by Gasteiger charge is 2.41. The lowest BCUT2D eigenvalue weighted by molar-refractivity contribution is -0.112. The Morgan fingerprint density at radius 3 is 3.05 bits per heavy atom. The molecule has 0 aliphatic carbocycles. The van der Waals surface area contributed by atoms with Gasteiger partial charge in [0, 0.05) is 36.8 Å². The van der Waals surface area contributed by atoms with E-state index < -0.39 is 0 Å². The van der Waals surface area contributed by atoms with Gasteiger partial charge >= 0.3 is 0 Å². The second-order valence-electron chi connectivity index (χ2n) is 5.81. The van der Waals surface area contributed by atoms with Crippen LogP contribution in [0, 0.1) is 6.92 Å². The van der Waals surface area contributed by atoms with Gasteiger partial charge in [0.15, 0.2) is 0 Å². The topological polar surface area (TPSA) is 27.7 Å². The van der Waals surface area contributed by atoms with E-state index in [2.05, 4.69) is 41.1 Å². The van der Waals surface area contributed by atoms with Crippen LogP contribution >= 0.6 is 15.9 Å². The highest BCUT2D eigenvalue weighted by molar-refractivity contribution is 9.08. The first-order chi connectivity index (χ1) is 9.71. The van der Waals surface area contributed by atoms with Gasteiger partial charge in [-0.2, -0.15) is 0 Å². The minimum Gasteiger partial charge on any atom is -0.490 e. The van der Waals surface area contributed by atoms with Gasteiger partial charge in [0.25, 0.3) is 0 Å². The summed E-state index contributed by atoms with van der Waals surface area (Å²) in [5.41, 5.74) is 2.38. The Morgan fingerprint density at radius 2 is 2.30 bits per heavy atom. The van der Waals surface area contributed by atoms with Crippen molar-refractivity contribution in [2.75, 3.05) is 19.8 Å². The molecular formula is C16H21BrO3. The SMILES string of the molecule is Cc1ccc(OC2CCOC3(CCOC3)C2)c(CBr)c1. The predicted molar refractivity (Wildman–Crippen MR) is 81.6 cm³/mol. The van der Waals surface area contributed by atoms with Crippen LogP contribution in [-0.2, 0) is 14.8 Å². The quantitative estimate of drug-likeness (QED) is 0.786. The maximum absolute atomic E-state index is 6.25. The van der Waals surface area contributed by atoms with Crippen LogP contribution in [0.5, 0.6) is 5.75 Å². The molecule has 4 heteroatoms. The summed E-state index contributed by atoms with van der Waals surface area (Å²) in [6, 6.07) is 6.37. The summed E-state index contributed by atoms with van der Waals surface area (Å²) in [7, 11) is 0. The molecule has 2 heterocycles.